The molecule has 0 bridgehead atoms. The van der Waals surface area contributed by atoms with E-state index in [-0.39, 0.29) is 0 Å². The predicted octanol–water partition coefficient (Wildman–Crippen LogP) is 3.62. The molecule has 110 valence electrons. The molecule has 4 heteroatoms. The van der Waals surface area contributed by atoms with Gasteiger partial charge in [0, 0.05) is 12.2 Å². The molecule has 0 radical (unpaired) electrons. The molecule has 3 nitrogen and oxygen atoms in total. The zero-order valence-corrected chi connectivity index (χ0v) is 13.3. The van der Waals surface area contributed by atoms with Crippen LogP contribution >= 0.6 is 12.2 Å². The fourth-order valence-corrected chi connectivity index (χ4v) is 2.34. The molecule has 0 aliphatic carbocycles. The van der Waals surface area contributed by atoms with Gasteiger partial charge in [-0.15, -0.1) is 0 Å². The maximum absolute atomic E-state index is 5.27. The summed E-state index contributed by atoms with van der Waals surface area (Å²) < 4.78 is 0. The fraction of sp³-hybridized carbons (Fsp3) is 0.294. The van der Waals surface area contributed by atoms with Crippen LogP contribution in [0.5, 0.6) is 0 Å². The average Bonchev–Trinajstić information content (AvgIpc) is 2.44. The lowest BCUT2D eigenvalue weighted by Gasteiger charge is -2.10. The summed E-state index contributed by atoms with van der Waals surface area (Å²) >= 11 is 5.27. The Morgan fingerprint density at radius 3 is 2.71 bits per heavy atom. The van der Waals surface area contributed by atoms with Crippen LogP contribution in [0, 0.1) is 13.8 Å². The van der Waals surface area contributed by atoms with Gasteiger partial charge in [0.25, 0.3) is 0 Å². The van der Waals surface area contributed by atoms with Gasteiger partial charge in [-0.05, 0) is 56.6 Å². The van der Waals surface area contributed by atoms with Crippen LogP contribution in [-0.4, -0.2) is 16.6 Å². The summed E-state index contributed by atoms with van der Waals surface area (Å²) in [6, 6.07) is 14.5. The maximum Gasteiger partial charge on any atom is 0.171 e. The lowest BCUT2D eigenvalue weighted by Crippen LogP contribution is -2.29. The molecule has 1 aromatic heterocycles. The first-order valence-electron chi connectivity index (χ1n) is 7.17. The second-order valence-electron chi connectivity index (χ2n) is 5.14. The molecule has 1 aromatic carbocycles. The number of benzene rings is 1. The first-order chi connectivity index (χ1) is 10.1. The summed E-state index contributed by atoms with van der Waals surface area (Å²) in [5, 5.41) is 6.94. The highest BCUT2D eigenvalue weighted by molar-refractivity contribution is 7.80. The van der Waals surface area contributed by atoms with Gasteiger partial charge in [0.05, 0.1) is 0 Å². The van der Waals surface area contributed by atoms with E-state index in [1.165, 1.54) is 11.1 Å². The van der Waals surface area contributed by atoms with Crippen molar-refractivity contribution in [3.63, 3.8) is 0 Å². The molecule has 0 spiro atoms. The molecule has 1 heterocycles. The highest BCUT2D eigenvalue weighted by Crippen LogP contribution is 2.06. The van der Waals surface area contributed by atoms with Crippen molar-refractivity contribution in [2.45, 2.75) is 26.7 Å². The topological polar surface area (TPSA) is 37.0 Å². The van der Waals surface area contributed by atoms with Crippen molar-refractivity contribution >= 4 is 23.1 Å². The van der Waals surface area contributed by atoms with Crippen LogP contribution in [0.3, 0.4) is 0 Å². The summed E-state index contributed by atoms with van der Waals surface area (Å²) in [5.74, 6) is 0.784. The van der Waals surface area contributed by atoms with Crippen LogP contribution in [0.1, 0.15) is 23.2 Å². The highest BCUT2D eigenvalue weighted by atomic mass is 32.1. The maximum atomic E-state index is 5.27. The highest BCUT2D eigenvalue weighted by Gasteiger charge is 1.99. The van der Waals surface area contributed by atoms with Gasteiger partial charge in [-0.1, -0.05) is 35.9 Å². The third kappa shape index (κ3) is 5.52. The molecule has 0 aliphatic heterocycles. The Balaban J connectivity index is 1.70. The Labute approximate surface area is 131 Å². The molecule has 0 unspecified atom stereocenters. The zero-order chi connectivity index (χ0) is 15.1. The van der Waals surface area contributed by atoms with Gasteiger partial charge in [0.1, 0.15) is 5.82 Å². The molecule has 2 aromatic rings. The second kappa shape index (κ2) is 7.74. The van der Waals surface area contributed by atoms with Crippen molar-refractivity contribution in [3.05, 3.63) is 59.3 Å². The van der Waals surface area contributed by atoms with Crippen LogP contribution < -0.4 is 10.6 Å². The summed E-state index contributed by atoms with van der Waals surface area (Å²) in [6.45, 7) is 4.94. The van der Waals surface area contributed by atoms with Crippen LogP contribution in [-0.2, 0) is 6.42 Å². The lowest BCUT2D eigenvalue weighted by molar-refractivity contribution is 0.777. The van der Waals surface area contributed by atoms with Gasteiger partial charge >= 0.3 is 0 Å². The van der Waals surface area contributed by atoms with Gasteiger partial charge in [-0.25, -0.2) is 4.98 Å². The van der Waals surface area contributed by atoms with E-state index in [1.807, 2.05) is 25.1 Å². The van der Waals surface area contributed by atoms with Crippen molar-refractivity contribution in [2.24, 2.45) is 0 Å². The molecule has 0 atom stereocenters. The van der Waals surface area contributed by atoms with Crippen molar-refractivity contribution in [1.29, 1.82) is 0 Å². The van der Waals surface area contributed by atoms with Gasteiger partial charge in [-0.3, -0.25) is 0 Å². The standard InChI is InChI=1S/C17H21N3S/c1-13-6-3-8-15(12-13)9-5-11-18-17(21)20-16-10-4-7-14(2)19-16/h3-4,6-8,10,12H,5,9,11H2,1-2H3,(H2,18,19,20,21). The summed E-state index contributed by atoms with van der Waals surface area (Å²) in [7, 11) is 0. The summed E-state index contributed by atoms with van der Waals surface area (Å²) in [4.78, 5) is 4.36. The molecule has 21 heavy (non-hydrogen) atoms. The largest absolute Gasteiger partial charge is 0.362 e. The minimum Gasteiger partial charge on any atom is -0.362 e. The predicted molar refractivity (Wildman–Crippen MR) is 92.7 cm³/mol. The average molecular weight is 299 g/mol. The van der Waals surface area contributed by atoms with E-state index in [9.17, 15) is 0 Å². The molecule has 2 rings (SSSR count). The fourth-order valence-electron chi connectivity index (χ4n) is 2.14. The Morgan fingerprint density at radius 1 is 1.14 bits per heavy atom. The van der Waals surface area contributed by atoms with E-state index in [0.29, 0.717) is 5.11 Å². The van der Waals surface area contributed by atoms with Crippen LogP contribution in [0.4, 0.5) is 5.82 Å². The normalized spacial score (nSPS) is 10.2. The molecule has 0 fully saturated rings. The number of nitrogens with zero attached hydrogens (tertiary/aromatic N) is 1. The SMILES string of the molecule is Cc1cccc(CCCNC(=S)Nc2cccc(C)n2)c1. The number of thiocarbonyl (C=S) groups is 1. The number of pyridine rings is 1. The van der Waals surface area contributed by atoms with E-state index in [4.69, 9.17) is 12.2 Å². The van der Waals surface area contributed by atoms with Crippen molar-refractivity contribution in [3.8, 4) is 0 Å². The van der Waals surface area contributed by atoms with Crippen molar-refractivity contribution in [1.82, 2.24) is 10.3 Å². The first kappa shape index (κ1) is 15.4. The number of anilines is 1. The van der Waals surface area contributed by atoms with E-state index < -0.39 is 0 Å². The summed E-state index contributed by atoms with van der Waals surface area (Å²) in [5.41, 5.74) is 3.65. The molecule has 0 aliphatic rings. The molecular weight excluding hydrogens is 278 g/mol. The third-order valence-corrected chi connectivity index (χ3v) is 3.39. The number of hydrogen-bond donors (Lipinski definition) is 2. The second-order valence-corrected chi connectivity index (χ2v) is 5.55. The minimum absolute atomic E-state index is 0.623. The molecule has 2 N–H and O–H groups in total. The number of rotatable bonds is 5. The smallest absolute Gasteiger partial charge is 0.171 e. The van der Waals surface area contributed by atoms with Gasteiger partial charge in [-0.2, -0.15) is 0 Å². The Kier molecular flexibility index (Phi) is 5.69. The minimum atomic E-state index is 0.623. The van der Waals surface area contributed by atoms with Gasteiger partial charge < -0.3 is 10.6 Å². The van der Waals surface area contributed by atoms with E-state index in [2.05, 4.69) is 46.8 Å². The van der Waals surface area contributed by atoms with Crippen LogP contribution in [0.25, 0.3) is 0 Å². The molecule has 0 saturated carbocycles. The molecule has 0 saturated heterocycles. The molecular formula is C17H21N3S. The van der Waals surface area contributed by atoms with Crippen molar-refractivity contribution < 1.29 is 0 Å². The summed E-state index contributed by atoms with van der Waals surface area (Å²) in [6.07, 6.45) is 2.10. The lowest BCUT2D eigenvalue weighted by atomic mass is 10.1. The zero-order valence-electron chi connectivity index (χ0n) is 12.5. The number of hydrogen-bond acceptors (Lipinski definition) is 2. The number of aromatic nitrogens is 1. The quantitative estimate of drug-likeness (QED) is 0.653. The number of nitrogens with one attached hydrogen (secondary N) is 2. The van der Waals surface area contributed by atoms with Crippen molar-refractivity contribution in [2.75, 3.05) is 11.9 Å². The Hall–Kier alpha value is -1.94. The van der Waals surface area contributed by atoms with Gasteiger partial charge in [0.15, 0.2) is 5.11 Å². The number of aryl methyl sites for hydroxylation is 3. The first-order valence-corrected chi connectivity index (χ1v) is 7.58. The third-order valence-electron chi connectivity index (χ3n) is 3.14. The van der Waals surface area contributed by atoms with E-state index in [1.54, 1.807) is 0 Å². The Morgan fingerprint density at radius 2 is 1.95 bits per heavy atom. The van der Waals surface area contributed by atoms with E-state index >= 15 is 0 Å². The van der Waals surface area contributed by atoms with Crippen LogP contribution in [0.15, 0.2) is 42.5 Å². The van der Waals surface area contributed by atoms with E-state index in [0.717, 1.165) is 30.9 Å². The van der Waals surface area contributed by atoms with Crippen LogP contribution in [0.2, 0.25) is 0 Å². The monoisotopic (exact) mass is 299 g/mol. The molecule has 0 amide bonds. The Bertz CT molecular complexity index is 610. The van der Waals surface area contributed by atoms with Gasteiger partial charge in [0.2, 0.25) is 0 Å².